The Hall–Kier alpha value is -3.88. The molecule has 9 heteroatoms. The van der Waals surface area contributed by atoms with Crippen molar-refractivity contribution < 1.29 is 23.2 Å². The van der Waals surface area contributed by atoms with Crippen LogP contribution in [0.15, 0.2) is 52.7 Å². The van der Waals surface area contributed by atoms with Crippen LogP contribution in [0.3, 0.4) is 0 Å². The zero-order valence-electron chi connectivity index (χ0n) is 21.2. The maximum absolute atomic E-state index is 14.3. The first-order valence-corrected chi connectivity index (χ1v) is 12.0. The summed E-state index contributed by atoms with van der Waals surface area (Å²) in [6, 6.07) is 11.3. The summed E-state index contributed by atoms with van der Waals surface area (Å²) in [6.45, 7) is 9.15. The lowest BCUT2D eigenvalue weighted by Crippen LogP contribution is -2.46. The van der Waals surface area contributed by atoms with Crippen LogP contribution >= 0.6 is 0 Å². The Morgan fingerprint density at radius 3 is 2.58 bits per heavy atom. The lowest BCUT2D eigenvalue weighted by Gasteiger charge is -2.35. The van der Waals surface area contributed by atoms with Crippen molar-refractivity contribution in [3.8, 4) is 22.9 Å². The molecule has 0 aliphatic carbocycles. The number of nitrogens with one attached hydrogen (secondary N) is 1. The molecule has 0 bridgehead atoms. The third-order valence-corrected chi connectivity index (χ3v) is 6.12. The van der Waals surface area contributed by atoms with Crippen LogP contribution in [0.2, 0.25) is 0 Å². The van der Waals surface area contributed by atoms with Crippen molar-refractivity contribution in [2.45, 2.75) is 40.2 Å². The maximum Gasteiger partial charge on any atom is 0.322 e. The number of benzene rings is 2. The highest BCUT2D eigenvalue weighted by molar-refractivity contribution is 5.86. The molecule has 8 nitrogen and oxygen atoms in total. The normalized spacial score (nSPS) is 15.9. The monoisotopic (exact) mass is 494 g/mol. The largest absolute Gasteiger partial charge is 0.494 e. The van der Waals surface area contributed by atoms with E-state index in [1.807, 2.05) is 38.1 Å². The van der Waals surface area contributed by atoms with Gasteiger partial charge in [-0.3, -0.25) is 4.90 Å². The van der Waals surface area contributed by atoms with Gasteiger partial charge in [-0.2, -0.15) is 4.98 Å². The van der Waals surface area contributed by atoms with E-state index in [2.05, 4.69) is 29.3 Å². The van der Waals surface area contributed by atoms with E-state index >= 15 is 0 Å². The average Bonchev–Trinajstić information content (AvgIpc) is 3.34. The van der Waals surface area contributed by atoms with Crippen molar-refractivity contribution in [3.05, 3.63) is 65.4 Å². The standard InChI is InChI=1S/C27H31FN4O4/c1-6-35-20-10-7-18(8-11-20)24-23(17(4)32(27(33)29-24)14-13-16(2)3)26-30-25(31-36-26)19-9-12-22(34-5)21(28)15-19/h7-12,15-16,24H,6,13-14H2,1-5H3,(H,29,33). The molecule has 0 spiro atoms. The van der Waals surface area contributed by atoms with Crippen molar-refractivity contribution in [2.24, 2.45) is 5.92 Å². The van der Waals surface area contributed by atoms with E-state index in [1.165, 1.54) is 19.2 Å². The predicted molar refractivity (Wildman–Crippen MR) is 134 cm³/mol. The van der Waals surface area contributed by atoms with Gasteiger partial charge in [0.15, 0.2) is 11.6 Å². The zero-order valence-corrected chi connectivity index (χ0v) is 21.2. The topological polar surface area (TPSA) is 89.7 Å². The summed E-state index contributed by atoms with van der Waals surface area (Å²) in [4.78, 5) is 19.4. The molecule has 2 amide bonds. The van der Waals surface area contributed by atoms with Gasteiger partial charge in [-0.05, 0) is 62.1 Å². The number of hydrogen-bond donors (Lipinski definition) is 1. The summed E-state index contributed by atoms with van der Waals surface area (Å²) in [5, 5.41) is 7.19. The number of hydrogen-bond acceptors (Lipinski definition) is 6. The number of rotatable bonds is 9. The van der Waals surface area contributed by atoms with Gasteiger partial charge in [0.1, 0.15) is 5.75 Å². The van der Waals surface area contributed by atoms with Gasteiger partial charge < -0.3 is 19.3 Å². The van der Waals surface area contributed by atoms with Crippen LogP contribution in [0, 0.1) is 11.7 Å². The number of methoxy groups -OCH3 is 1. The fraction of sp³-hybridized carbons (Fsp3) is 0.370. The van der Waals surface area contributed by atoms with E-state index in [4.69, 9.17) is 14.0 Å². The number of halogens is 1. The molecule has 1 unspecified atom stereocenters. The molecule has 1 N–H and O–H groups in total. The Balaban J connectivity index is 1.76. The summed E-state index contributed by atoms with van der Waals surface area (Å²) < 4.78 is 30.5. The van der Waals surface area contributed by atoms with Crippen molar-refractivity contribution in [3.63, 3.8) is 0 Å². The molecule has 3 aromatic rings. The minimum Gasteiger partial charge on any atom is -0.494 e. The molecule has 0 fully saturated rings. The molecular formula is C27H31FN4O4. The fourth-order valence-corrected chi connectivity index (χ4v) is 4.14. The summed E-state index contributed by atoms with van der Waals surface area (Å²) in [6.07, 6.45) is 0.839. The number of urea groups is 1. The summed E-state index contributed by atoms with van der Waals surface area (Å²) in [5.74, 6) is 1.28. The average molecular weight is 495 g/mol. The van der Waals surface area contributed by atoms with Crippen LogP contribution in [0.1, 0.15) is 51.6 Å². The SMILES string of the molecule is CCOc1ccc(C2NC(=O)N(CCC(C)C)C(C)=C2c2nc(-c3ccc(OC)c(F)c3)no2)cc1. The highest BCUT2D eigenvalue weighted by Crippen LogP contribution is 2.38. The van der Waals surface area contributed by atoms with Crippen molar-refractivity contribution in [1.82, 2.24) is 20.4 Å². The van der Waals surface area contributed by atoms with Crippen LogP contribution in [0.25, 0.3) is 17.0 Å². The summed E-state index contributed by atoms with van der Waals surface area (Å²) >= 11 is 0. The summed E-state index contributed by atoms with van der Waals surface area (Å²) in [5.41, 5.74) is 2.72. The van der Waals surface area contributed by atoms with Gasteiger partial charge in [0.05, 0.1) is 25.3 Å². The van der Waals surface area contributed by atoms with Gasteiger partial charge in [0.25, 0.3) is 5.89 Å². The number of carbonyl (C=O) groups excluding carboxylic acids is 1. The molecule has 1 aliphatic heterocycles. The van der Waals surface area contributed by atoms with Crippen molar-refractivity contribution in [1.29, 1.82) is 0 Å². The van der Waals surface area contributed by atoms with E-state index < -0.39 is 11.9 Å². The molecule has 1 atom stereocenters. The van der Waals surface area contributed by atoms with Crippen molar-refractivity contribution in [2.75, 3.05) is 20.3 Å². The second kappa shape index (κ2) is 10.8. The highest BCUT2D eigenvalue weighted by Gasteiger charge is 2.35. The Bertz CT molecular complexity index is 1250. The number of nitrogens with zero attached hydrogens (tertiary/aromatic N) is 3. The first kappa shape index (κ1) is 25.2. The number of allylic oxidation sites excluding steroid dienone is 1. The molecule has 2 heterocycles. The number of carbonyl (C=O) groups is 1. The van der Waals surface area contributed by atoms with E-state index in [9.17, 15) is 9.18 Å². The molecule has 0 radical (unpaired) electrons. The molecule has 0 saturated heterocycles. The highest BCUT2D eigenvalue weighted by atomic mass is 19.1. The van der Waals surface area contributed by atoms with E-state index in [1.54, 1.807) is 11.0 Å². The molecule has 0 saturated carbocycles. The van der Waals surface area contributed by atoms with Crippen LogP contribution in [-0.4, -0.2) is 41.3 Å². The Labute approximate surface area is 210 Å². The number of aromatic nitrogens is 2. The van der Waals surface area contributed by atoms with Gasteiger partial charge in [-0.1, -0.05) is 31.1 Å². The molecule has 1 aliphatic rings. The molecular weight excluding hydrogens is 463 g/mol. The Morgan fingerprint density at radius 1 is 1.19 bits per heavy atom. The Morgan fingerprint density at radius 2 is 1.94 bits per heavy atom. The molecule has 190 valence electrons. The van der Waals surface area contributed by atoms with Crippen LogP contribution in [-0.2, 0) is 0 Å². The van der Waals surface area contributed by atoms with E-state index in [-0.39, 0.29) is 23.5 Å². The second-order valence-corrected chi connectivity index (χ2v) is 8.99. The van der Waals surface area contributed by atoms with Crippen LogP contribution in [0.4, 0.5) is 9.18 Å². The van der Waals surface area contributed by atoms with Crippen LogP contribution < -0.4 is 14.8 Å². The van der Waals surface area contributed by atoms with E-state index in [0.717, 1.165) is 23.4 Å². The second-order valence-electron chi connectivity index (χ2n) is 8.99. The van der Waals surface area contributed by atoms with Gasteiger partial charge >= 0.3 is 6.03 Å². The minimum atomic E-state index is -0.520. The van der Waals surface area contributed by atoms with Gasteiger partial charge in [0, 0.05) is 17.8 Å². The summed E-state index contributed by atoms with van der Waals surface area (Å²) in [7, 11) is 1.41. The first-order valence-electron chi connectivity index (χ1n) is 12.0. The zero-order chi connectivity index (χ0) is 25.8. The smallest absolute Gasteiger partial charge is 0.322 e. The van der Waals surface area contributed by atoms with Gasteiger partial charge in [-0.15, -0.1) is 0 Å². The quantitative estimate of drug-likeness (QED) is 0.403. The fourth-order valence-electron chi connectivity index (χ4n) is 4.14. The molecule has 36 heavy (non-hydrogen) atoms. The molecule has 4 rings (SSSR count). The van der Waals surface area contributed by atoms with Crippen LogP contribution in [0.5, 0.6) is 11.5 Å². The third kappa shape index (κ3) is 5.19. The minimum absolute atomic E-state index is 0.132. The third-order valence-electron chi connectivity index (χ3n) is 6.12. The van der Waals surface area contributed by atoms with Gasteiger partial charge in [0.2, 0.25) is 5.82 Å². The number of amides is 2. The predicted octanol–water partition coefficient (Wildman–Crippen LogP) is 5.83. The number of ether oxygens (including phenoxy) is 2. The van der Waals surface area contributed by atoms with Crippen molar-refractivity contribution >= 4 is 11.6 Å². The van der Waals surface area contributed by atoms with Gasteiger partial charge in [-0.25, -0.2) is 9.18 Å². The Kier molecular flexibility index (Phi) is 7.57. The lowest BCUT2D eigenvalue weighted by atomic mass is 9.94. The van der Waals surface area contributed by atoms with E-state index in [0.29, 0.717) is 30.2 Å². The first-order chi connectivity index (χ1) is 17.3. The lowest BCUT2D eigenvalue weighted by molar-refractivity contribution is 0.202. The maximum atomic E-state index is 14.3. The molecule has 1 aromatic heterocycles. The molecule has 2 aromatic carbocycles.